The lowest BCUT2D eigenvalue weighted by Crippen LogP contribution is -2.31. The fourth-order valence-corrected chi connectivity index (χ4v) is 2.17. The Balaban J connectivity index is 4.59. The second-order valence-electron chi connectivity index (χ2n) is 5.34. The second kappa shape index (κ2) is 12.0. The average molecular weight is 316 g/mol. The van der Waals surface area contributed by atoms with Gasteiger partial charge in [0.2, 0.25) is 0 Å². The number of rotatable bonds is 11. The predicted molar refractivity (Wildman–Crippen MR) is 81.1 cm³/mol. The van der Waals surface area contributed by atoms with Gasteiger partial charge in [0, 0.05) is 26.7 Å². The predicted octanol–water partition coefficient (Wildman–Crippen LogP) is 2.63. The van der Waals surface area contributed by atoms with E-state index in [1.165, 1.54) is 20.8 Å². The first-order chi connectivity index (χ1) is 10.4. The highest BCUT2D eigenvalue weighted by atomic mass is 16.6. The fraction of sp³-hybridized carbons (Fsp3) is 0.812. The van der Waals surface area contributed by atoms with E-state index in [9.17, 15) is 14.4 Å². The summed E-state index contributed by atoms with van der Waals surface area (Å²) in [4.78, 5) is 33.1. The van der Waals surface area contributed by atoms with Gasteiger partial charge in [-0.3, -0.25) is 14.4 Å². The summed E-state index contributed by atoms with van der Waals surface area (Å²) in [6.45, 7) is 6.68. The van der Waals surface area contributed by atoms with Crippen molar-refractivity contribution in [1.82, 2.24) is 0 Å². The summed E-state index contributed by atoms with van der Waals surface area (Å²) in [5.74, 6) is -1.07. The normalized spacial score (nSPS) is 13.1. The van der Waals surface area contributed by atoms with Gasteiger partial charge in [-0.1, -0.05) is 19.8 Å². The zero-order valence-corrected chi connectivity index (χ0v) is 14.1. The molecular weight excluding hydrogens is 288 g/mol. The molecule has 128 valence electrons. The van der Waals surface area contributed by atoms with Crippen LogP contribution in [0.1, 0.15) is 59.8 Å². The third kappa shape index (κ3) is 11.1. The second-order valence-corrected chi connectivity index (χ2v) is 5.34. The average Bonchev–Trinajstić information content (AvgIpc) is 2.41. The van der Waals surface area contributed by atoms with Gasteiger partial charge in [0.25, 0.3) is 0 Å². The monoisotopic (exact) mass is 316 g/mol. The molecule has 0 bridgehead atoms. The van der Waals surface area contributed by atoms with Crippen molar-refractivity contribution >= 4 is 17.9 Å². The van der Waals surface area contributed by atoms with Crippen LogP contribution < -0.4 is 0 Å². The van der Waals surface area contributed by atoms with Crippen molar-refractivity contribution in [3.8, 4) is 0 Å². The van der Waals surface area contributed by atoms with Crippen LogP contribution in [0, 0.1) is 5.92 Å². The van der Waals surface area contributed by atoms with Crippen LogP contribution in [0.15, 0.2) is 0 Å². The molecule has 0 aromatic rings. The first-order valence-corrected chi connectivity index (χ1v) is 7.80. The fourth-order valence-electron chi connectivity index (χ4n) is 2.17. The summed E-state index contributed by atoms with van der Waals surface area (Å²) in [7, 11) is 0. The van der Waals surface area contributed by atoms with Crippen molar-refractivity contribution in [3.63, 3.8) is 0 Å². The molecule has 0 spiro atoms. The van der Waals surface area contributed by atoms with E-state index in [2.05, 4.69) is 6.92 Å². The molecule has 0 heterocycles. The lowest BCUT2D eigenvalue weighted by atomic mass is 9.93. The Hall–Kier alpha value is -1.59. The lowest BCUT2D eigenvalue weighted by molar-refractivity contribution is -0.154. The number of unbranched alkanes of at least 4 members (excludes halogenated alkanes) is 1. The van der Waals surface area contributed by atoms with Crippen molar-refractivity contribution in [2.45, 2.75) is 65.9 Å². The van der Waals surface area contributed by atoms with Gasteiger partial charge >= 0.3 is 17.9 Å². The number of carbonyl (C=O) groups is 3. The van der Waals surface area contributed by atoms with Crippen LogP contribution in [0.2, 0.25) is 0 Å². The maximum atomic E-state index is 11.3. The number of ether oxygens (including phenoxy) is 3. The summed E-state index contributed by atoms with van der Waals surface area (Å²) in [6, 6.07) is 0. The molecule has 0 aromatic carbocycles. The number of esters is 3. The molecule has 0 N–H and O–H groups in total. The van der Waals surface area contributed by atoms with Gasteiger partial charge in [-0.25, -0.2) is 0 Å². The molecule has 0 aliphatic rings. The summed E-state index contributed by atoms with van der Waals surface area (Å²) in [6.07, 6.45) is 3.63. The smallest absolute Gasteiger partial charge is 0.302 e. The number of carbonyl (C=O) groups excluding carboxylic acids is 3. The Morgan fingerprint density at radius 3 is 2.00 bits per heavy atom. The van der Waals surface area contributed by atoms with Crippen LogP contribution in [0.4, 0.5) is 0 Å². The van der Waals surface area contributed by atoms with Gasteiger partial charge in [0.05, 0.1) is 13.2 Å². The van der Waals surface area contributed by atoms with Gasteiger partial charge in [0.1, 0.15) is 6.10 Å². The molecule has 22 heavy (non-hydrogen) atoms. The summed E-state index contributed by atoms with van der Waals surface area (Å²) >= 11 is 0. The Bertz CT molecular complexity index is 353. The molecule has 0 rings (SSSR count). The minimum absolute atomic E-state index is 0.0370. The highest BCUT2D eigenvalue weighted by Gasteiger charge is 2.25. The van der Waals surface area contributed by atoms with Crippen molar-refractivity contribution < 1.29 is 28.6 Å². The van der Waals surface area contributed by atoms with E-state index in [4.69, 9.17) is 14.2 Å². The van der Waals surface area contributed by atoms with Crippen LogP contribution in [0.3, 0.4) is 0 Å². The summed E-state index contributed by atoms with van der Waals surface area (Å²) in [5.41, 5.74) is 0. The highest BCUT2D eigenvalue weighted by molar-refractivity contribution is 5.66. The van der Waals surface area contributed by atoms with Crippen molar-refractivity contribution in [2.75, 3.05) is 13.2 Å². The van der Waals surface area contributed by atoms with E-state index < -0.39 is 0 Å². The molecule has 0 saturated carbocycles. The first-order valence-electron chi connectivity index (χ1n) is 7.80. The zero-order chi connectivity index (χ0) is 17.0. The number of hydrogen-bond donors (Lipinski definition) is 0. The Labute approximate surface area is 132 Å². The largest absolute Gasteiger partial charge is 0.466 e. The van der Waals surface area contributed by atoms with Crippen LogP contribution in [-0.4, -0.2) is 37.2 Å². The van der Waals surface area contributed by atoms with Crippen LogP contribution >= 0.6 is 0 Å². The molecule has 0 radical (unpaired) electrons. The van der Waals surface area contributed by atoms with Gasteiger partial charge < -0.3 is 14.2 Å². The minimum Gasteiger partial charge on any atom is -0.466 e. The number of hydrogen-bond acceptors (Lipinski definition) is 6. The van der Waals surface area contributed by atoms with Crippen molar-refractivity contribution in [3.05, 3.63) is 0 Å². The van der Waals surface area contributed by atoms with Gasteiger partial charge in [-0.15, -0.1) is 0 Å². The van der Waals surface area contributed by atoms with Crippen LogP contribution in [0.25, 0.3) is 0 Å². The molecule has 0 saturated heterocycles. The molecule has 6 nitrogen and oxygen atoms in total. The summed E-state index contributed by atoms with van der Waals surface area (Å²) in [5, 5.41) is 0. The zero-order valence-electron chi connectivity index (χ0n) is 14.1. The Kier molecular flexibility index (Phi) is 11.1. The van der Waals surface area contributed by atoms with E-state index in [0.717, 1.165) is 19.3 Å². The molecule has 0 amide bonds. The Morgan fingerprint density at radius 1 is 0.864 bits per heavy atom. The summed E-state index contributed by atoms with van der Waals surface area (Å²) < 4.78 is 15.4. The quantitative estimate of drug-likeness (QED) is 0.331. The topological polar surface area (TPSA) is 78.9 Å². The molecule has 0 aromatic heterocycles. The maximum absolute atomic E-state index is 11.3. The van der Waals surface area contributed by atoms with Gasteiger partial charge in [-0.2, -0.15) is 0 Å². The van der Waals surface area contributed by atoms with Gasteiger partial charge in [-0.05, 0) is 19.3 Å². The van der Waals surface area contributed by atoms with Crippen LogP contribution in [0.5, 0.6) is 0 Å². The van der Waals surface area contributed by atoms with E-state index >= 15 is 0 Å². The highest BCUT2D eigenvalue weighted by Crippen LogP contribution is 2.21. The van der Waals surface area contributed by atoms with Crippen LogP contribution in [-0.2, 0) is 28.6 Å². The van der Waals surface area contributed by atoms with Gasteiger partial charge in [0.15, 0.2) is 0 Å². The molecule has 2 atom stereocenters. The van der Waals surface area contributed by atoms with E-state index in [1.807, 2.05) is 0 Å². The third-order valence-corrected chi connectivity index (χ3v) is 3.21. The Morgan fingerprint density at radius 2 is 1.50 bits per heavy atom. The molecule has 0 aliphatic heterocycles. The van der Waals surface area contributed by atoms with Crippen molar-refractivity contribution in [2.24, 2.45) is 5.92 Å². The third-order valence-electron chi connectivity index (χ3n) is 3.21. The van der Waals surface area contributed by atoms with Crippen molar-refractivity contribution in [1.29, 1.82) is 0 Å². The lowest BCUT2D eigenvalue weighted by Gasteiger charge is -2.26. The maximum Gasteiger partial charge on any atom is 0.302 e. The van der Waals surface area contributed by atoms with E-state index in [0.29, 0.717) is 19.4 Å². The van der Waals surface area contributed by atoms with E-state index in [-0.39, 0.29) is 36.5 Å². The SMILES string of the molecule is CCCC[C@H](COC(C)=O)[C@@H](CCCOC(C)=O)OC(C)=O. The standard InChI is InChI=1S/C16H28O6/c1-5-6-8-15(11-21-13(3)18)16(22-14(4)19)9-7-10-20-12(2)17/h15-16H,5-11H2,1-4H3/t15-,16-/m1/s1. The molecule has 0 aliphatic carbocycles. The first kappa shape index (κ1) is 20.4. The molecule has 0 fully saturated rings. The molecule has 6 heteroatoms. The molecule has 0 unspecified atom stereocenters. The molecular formula is C16H28O6. The van der Waals surface area contributed by atoms with E-state index in [1.54, 1.807) is 0 Å². The minimum atomic E-state index is -0.359.